The summed E-state index contributed by atoms with van der Waals surface area (Å²) in [5.41, 5.74) is 0.00950. The third-order valence-corrected chi connectivity index (χ3v) is 2.77. The predicted molar refractivity (Wildman–Crippen MR) is 74.6 cm³/mol. The van der Waals surface area contributed by atoms with Crippen molar-refractivity contribution in [3.05, 3.63) is 33.9 Å². The first-order valence-electron chi connectivity index (χ1n) is 6.25. The monoisotopic (exact) mass is 296 g/mol. The molecular formula is C13H16N2O6. The summed E-state index contributed by atoms with van der Waals surface area (Å²) in [6, 6.07) is 4.00. The Labute approximate surface area is 121 Å². The van der Waals surface area contributed by atoms with E-state index in [0.717, 1.165) is 0 Å². The number of hydrogen-bond donors (Lipinski definition) is 1. The third kappa shape index (κ3) is 4.44. The number of rotatable bonds is 7. The number of nitro benzene ring substituents is 1. The van der Waals surface area contributed by atoms with Gasteiger partial charge < -0.3 is 14.7 Å². The molecule has 0 amide bonds. The Balaban J connectivity index is 3.08. The maximum absolute atomic E-state index is 11.8. The largest absolute Gasteiger partial charge is 0.481 e. The van der Waals surface area contributed by atoms with E-state index in [2.05, 4.69) is 0 Å². The predicted octanol–water partition coefficient (Wildman–Crippen LogP) is 1.68. The van der Waals surface area contributed by atoms with E-state index in [9.17, 15) is 19.7 Å². The van der Waals surface area contributed by atoms with Gasteiger partial charge in [-0.25, -0.2) is 4.79 Å². The van der Waals surface area contributed by atoms with Crippen LogP contribution in [0.15, 0.2) is 18.2 Å². The second-order valence-electron chi connectivity index (χ2n) is 4.24. The first kappa shape index (κ1) is 16.4. The molecule has 0 aliphatic heterocycles. The summed E-state index contributed by atoms with van der Waals surface area (Å²) in [7, 11) is 1.64. The number of carboxylic acids is 1. The number of esters is 1. The van der Waals surface area contributed by atoms with E-state index in [0.29, 0.717) is 5.69 Å². The summed E-state index contributed by atoms with van der Waals surface area (Å²) in [6.07, 6.45) is -0.0811. The molecule has 0 spiro atoms. The molecule has 0 saturated heterocycles. The SMILES string of the molecule is CCOC(=O)c1cc(N(C)CCC(=O)O)ccc1[N+](=O)[O-]. The highest BCUT2D eigenvalue weighted by molar-refractivity contribution is 5.95. The first-order valence-corrected chi connectivity index (χ1v) is 6.25. The maximum atomic E-state index is 11.8. The van der Waals surface area contributed by atoms with Crippen LogP contribution in [0.1, 0.15) is 23.7 Å². The van der Waals surface area contributed by atoms with Crippen LogP contribution >= 0.6 is 0 Å². The van der Waals surface area contributed by atoms with Gasteiger partial charge in [0.2, 0.25) is 0 Å². The van der Waals surface area contributed by atoms with E-state index in [1.165, 1.54) is 18.2 Å². The lowest BCUT2D eigenvalue weighted by Crippen LogP contribution is -2.21. The standard InChI is InChI=1S/C13H16N2O6/c1-3-21-13(18)10-8-9(4-5-11(10)15(19)20)14(2)7-6-12(16)17/h4-5,8H,3,6-7H2,1-2H3,(H,16,17). The summed E-state index contributed by atoms with van der Waals surface area (Å²) in [4.78, 5) is 34.2. The normalized spacial score (nSPS) is 10.0. The summed E-state index contributed by atoms with van der Waals surface area (Å²) in [5, 5.41) is 19.6. The van der Waals surface area contributed by atoms with Crippen LogP contribution in [0.25, 0.3) is 0 Å². The molecule has 0 fully saturated rings. The fourth-order valence-electron chi connectivity index (χ4n) is 1.69. The summed E-state index contributed by atoms with van der Waals surface area (Å²) >= 11 is 0. The average Bonchev–Trinajstić information content (AvgIpc) is 2.44. The van der Waals surface area contributed by atoms with Gasteiger partial charge in [-0.2, -0.15) is 0 Å². The van der Waals surface area contributed by atoms with Gasteiger partial charge >= 0.3 is 11.9 Å². The van der Waals surface area contributed by atoms with Gasteiger partial charge in [0.15, 0.2) is 0 Å². The van der Waals surface area contributed by atoms with Crippen LogP contribution in [0.2, 0.25) is 0 Å². The minimum absolute atomic E-state index is 0.0811. The number of benzene rings is 1. The topological polar surface area (TPSA) is 110 Å². The molecule has 0 radical (unpaired) electrons. The molecule has 0 unspecified atom stereocenters. The van der Waals surface area contributed by atoms with Crippen molar-refractivity contribution in [1.82, 2.24) is 0 Å². The summed E-state index contributed by atoms with van der Waals surface area (Å²) in [5.74, 6) is -1.73. The molecule has 21 heavy (non-hydrogen) atoms. The van der Waals surface area contributed by atoms with Crippen LogP contribution in [-0.4, -0.2) is 42.2 Å². The van der Waals surface area contributed by atoms with Crippen molar-refractivity contribution < 1.29 is 24.4 Å². The van der Waals surface area contributed by atoms with E-state index in [-0.39, 0.29) is 30.8 Å². The molecule has 1 rings (SSSR count). The molecule has 114 valence electrons. The molecule has 0 heterocycles. The van der Waals surface area contributed by atoms with Crippen LogP contribution in [0, 0.1) is 10.1 Å². The molecule has 1 aromatic rings. The number of carbonyl (C=O) groups is 2. The summed E-state index contributed by atoms with van der Waals surface area (Å²) in [6.45, 7) is 1.93. The van der Waals surface area contributed by atoms with Gasteiger partial charge in [-0.05, 0) is 19.1 Å². The van der Waals surface area contributed by atoms with E-state index in [4.69, 9.17) is 9.84 Å². The van der Waals surface area contributed by atoms with Gasteiger partial charge in [0.05, 0.1) is 18.0 Å². The molecule has 0 saturated carbocycles. The smallest absolute Gasteiger partial charge is 0.345 e. The van der Waals surface area contributed by atoms with Gasteiger partial charge in [-0.1, -0.05) is 0 Å². The quantitative estimate of drug-likeness (QED) is 0.463. The molecule has 8 heteroatoms. The number of nitrogens with zero attached hydrogens (tertiary/aromatic N) is 2. The number of hydrogen-bond acceptors (Lipinski definition) is 6. The highest BCUT2D eigenvalue weighted by atomic mass is 16.6. The highest BCUT2D eigenvalue weighted by Gasteiger charge is 2.22. The average molecular weight is 296 g/mol. The lowest BCUT2D eigenvalue weighted by atomic mass is 10.1. The van der Waals surface area contributed by atoms with Gasteiger partial charge in [0.1, 0.15) is 5.56 Å². The van der Waals surface area contributed by atoms with Crippen LogP contribution in [0.5, 0.6) is 0 Å². The van der Waals surface area contributed by atoms with Gasteiger partial charge in [0.25, 0.3) is 5.69 Å². The van der Waals surface area contributed by atoms with Crippen molar-refractivity contribution in [2.24, 2.45) is 0 Å². The Morgan fingerprint density at radius 2 is 2.10 bits per heavy atom. The molecule has 1 aromatic carbocycles. The van der Waals surface area contributed by atoms with Gasteiger partial charge in [-0.3, -0.25) is 14.9 Å². The Bertz CT molecular complexity index is 558. The minimum Gasteiger partial charge on any atom is -0.481 e. The summed E-state index contributed by atoms with van der Waals surface area (Å²) < 4.78 is 4.80. The lowest BCUT2D eigenvalue weighted by Gasteiger charge is -2.18. The number of ether oxygens (including phenoxy) is 1. The lowest BCUT2D eigenvalue weighted by molar-refractivity contribution is -0.385. The zero-order valence-electron chi connectivity index (χ0n) is 11.7. The van der Waals surface area contributed by atoms with Crippen molar-refractivity contribution >= 4 is 23.3 Å². The first-order chi connectivity index (χ1) is 9.86. The van der Waals surface area contributed by atoms with E-state index in [1.54, 1.807) is 18.9 Å². The van der Waals surface area contributed by atoms with Crippen molar-refractivity contribution in [3.63, 3.8) is 0 Å². The van der Waals surface area contributed by atoms with Gasteiger partial charge in [-0.15, -0.1) is 0 Å². The van der Waals surface area contributed by atoms with Crippen LogP contribution < -0.4 is 4.90 Å². The van der Waals surface area contributed by atoms with Crippen molar-refractivity contribution in [2.75, 3.05) is 25.1 Å². The molecule has 8 nitrogen and oxygen atoms in total. The highest BCUT2D eigenvalue weighted by Crippen LogP contribution is 2.25. The number of carboxylic acid groups (broad SMARTS) is 1. The zero-order valence-corrected chi connectivity index (χ0v) is 11.7. The number of nitro groups is 1. The second kappa shape index (κ2) is 7.22. The molecule has 0 atom stereocenters. The molecule has 0 bridgehead atoms. The number of aliphatic carboxylic acids is 1. The molecule has 0 aliphatic rings. The fraction of sp³-hybridized carbons (Fsp3) is 0.385. The molecule has 0 aliphatic carbocycles. The Kier molecular flexibility index (Phi) is 5.65. The molecule has 1 N–H and O–H groups in total. The number of anilines is 1. The Hall–Kier alpha value is -2.64. The fourth-order valence-corrected chi connectivity index (χ4v) is 1.69. The Morgan fingerprint density at radius 1 is 1.43 bits per heavy atom. The molecular weight excluding hydrogens is 280 g/mol. The van der Waals surface area contributed by atoms with Gasteiger partial charge in [0, 0.05) is 25.3 Å². The van der Waals surface area contributed by atoms with E-state index >= 15 is 0 Å². The Morgan fingerprint density at radius 3 is 2.62 bits per heavy atom. The van der Waals surface area contributed by atoms with Crippen molar-refractivity contribution in [2.45, 2.75) is 13.3 Å². The number of carbonyl (C=O) groups excluding carboxylic acids is 1. The third-order valence-electron chi connectivity index (χ3n) is 2.77. The zero-order chi connectivity index (χ0) is 16.0. The van der Waals surface area contributed by atoms with E-state index < -0.39 is 16.9 Å². The maximum Gasteiger partial charge on any atom is 0.345 e. The van der Waals surface area contributed by atoms with Crippen molar-refractivity contribution in [1.29, 1.82) is 0 Å². The molecule has 0 aromatic heterocycles. The van der Waals surface area contributed by atoms with E-state index in [1.807, 2.05) is 0 Å². The van der Waals surface area contributed by atoms with Crippen LogP contribution in [0.3, 0.4) is 0 Å². The van der Waals surface area contributed by atoms with Crippen LogP contribution in [0.4, 0.5) is 11.4 Å². The van der Waals surface area contributed by atoms with Crippen molar-refractivity contribution in [3.8, 4) is 0 Å². The second-order valence-corrected chi connectivity index (χ2v) is 4.24. The van der Waals surface area contributed by atoms with Crippen LogP contribution in [-0.2, 0) is 9.53 Å². The minimum atomic E-state index is -0.950.